The molecule has 1 atom stereocenters. The number of amides is 2. The fourth-order valence-corrected chi connectivity index (χ4v) is 5.97. The summed E-state index contributed by atoms with van der Waals surface area (Å²) in [5.41, 5.74) is 0.955. The van der Waals surface area contributed by atoms with Crippen molar-refractivity contribution in [1.82, 2.24) is 19.9 Å². The highest BCUT2D eigenvalue weighted by Gasteiger charge is 2.27. The van der Waals surface area contributed by atoms with Crippen molar-refractivity contribution in [3.63, 3.8) is 0 Å². The van der Waals surface area contributed by atoms with Gasteiger partial charge in [-0.05, 0) is 48.4 Å². The summed E-state index contributed by atoms with van der Waals surface area (Å²) in [4.78, 5) is 28.8. The molecule has 1 saturated heterocycles. The van der Waals surface area contributed by atoms with E-state index in [1.54, 1.807) is 29.9 Å². The zero-order chi connectivity index (χ0) is 21.4. The van der Waals surface area contributed by atoms with Crippen molar-refractivity contribution >= 4 is 33.2 Å². The van der Waals surface area contributed by atoms with E-state index in [2.05, 4.69) is 15.6 Å². The highest BCUT2D eigenvalue weighted by molar-refractivity contribution is 7.91. The van der Waals surface area contributed by atoms with E-state index in [1.165, 1.54) is 4.31 Å². The van der Waals surface area contributed by atoms with Crippen molar-refractivity contribution in [3.05, 3.63) is 47.6 Å². The van der Waals surface area contributed by atoms with Crippen LogP contribution in [0.25, 0.3) is 0 Å². The number of carbonyl (C=O) groups is 2. The van der Waals surface area contributed by atoms with E-state index in [4.69, 9.17) is 0 Å². The number of hydrogen-bond donors (Lipinski definition) is 2. The number of rotatable bonds is 5. The molecule has 162 valence electrons. The Morgan fingerprint density at radius 2 is 2.03 bits per heavy atom. The third kappa shape index (κ3) is 6.10. The predicted octanol–water partition coefficient (Wildman–Crippen LogP) is 1.76. The Kier molecular flexibility index (Phi) is 7.94. The Balaban J connectivity index is 1.64. The molecule has 1 fully saturated rings. The van der Waals surface area contributed by atoms with E-state index in [1.807, 2.05) is 12.1 Å². The van der Waals surface area contributed by atoms with Crippen molar-refractivity contribution in [2.75, 3.05) is 19.6 Å². The molecule has 3 rings (SSSR count). The van der Waals surface area contributed by atoms with Crippen molar-refractivity contribution in [1.29, 1.82) is 0 Å². The number of nitrogens with one attached hydrogen (secondary N) is 2. The number of nitrogens with zero attached hydrogens (tertiary/aromatic N) is 2. The van der Waals surface area contributed by atoms with Gasteiger partial charge >= 0.3 is 0 Å². The Bertz CT molecular complexity index is 933. The van der Waals surface area contributed by atoms with Crippen molar-refractivity contribution in [2.24, 2.45) is 5.92 Å². The summed E-state index contributed by atoms with van der Waals surface area (Å²) in [7, 11) is -3.64. The van der Waals surface area contributed by atoms with Crippen LogP contribution in [0.5, 0.6) is 0 Å². The number of carbonyl (C=O) groups excluding carboxylic acids is 2. The molecule has 2 aromatic rings. The van der Waals surface area contributed by atoms with E-state index in [0.29, 0.717) is 32.4 Å². The monoisotopic (exact) mass is 450 g/mol. The molecule has 1 aliphatic heterocycles. The van der Waals surface area contributed by atoms with Gasteiger partial charge < -0.3 is 10.6 Å². The highest BCUT2D eigenvalue weighted by atomic mass is 32.2. The summed E-state index contributed by atoms with van der Waals surface area (Å²) in [5, 5.41) is 7.45. The lowest BCUT2D eigenvalue weighted by molar-refractivity contribution is -0.126. The van der Waals surface area contributed by atoms with Gasteiger partial charge in [0.25, 0.3) is 10.0 Å². The number of thiophene rings is 1. The van der Waals surface area contributed by atoms with Crippen LogP contribution in [0.1, 0.15) is 31.2 Å². The molecule has 0 bridgehead atoms. The van der Waals surface area contributed by atoms with E-state index in [-0.39, 0.29) is 41.5 Å². The molecule has 0 aliphatic carbocycles. The topological polar surface area (TPSA) is 108 Å². The smallest absolute Gasteiger partial charge is 0.252 e. The van der Waals surface area contributed by atoms with Crippen molar-refractivity contribution in [3.8, 4) is 0 Å². The molecule has 1 unspecified atom stereocenters. The largest absolute Gasteiger partial charge is 0.356 e. The maximum atomic E-state index is 12.9. The number of hydrogen-bond acceptors (Lipinski definition) is 6. The first kappa shape index (κ1) is 22.4. The zero-order valence-corrected chi connectivity index (χ0v) is 18.3. The number of aromatic nitrogens is 1. The molecule has 0 saturated carbocycles. The van der Waals surface area contributed by atoms with Crippen LogP contribution >= 0.6 is 11.3 Å². The van der Waals surface area contributed by atoms with Gasteiger partial charge in [0.2, 0.25) is 11.8 Å². The Hall–Kier alpha value is -2.30. The molecule has 2 N–H and O–H groups in total. The van der Waals surface area contributed by atoms with Crippen LogP contribution in [0, 0.1) is 5.92 Å². The standard InChI is InChI=1S/C20H26N4O4S2/c25-18-8-13-24(30(27,28)19-4-2-14-29-19)12-1-3-17(7-11-22-18)20(26)23-15-16-5-9-21-10-6-16/h2,4-6,9-10,14,17H,1,3,7-8,11-13,15H2,(H,22,25)(H,23,26). The van der Waals surface area contributed by atoms with Gasteiger partial charge in [0.1, 0.15) is 4.21 Å². The van der Waals surface area contributed by atoms with E-state index in [9.17, 15) is 18.0 Å². The lowest BCUT2D eigenvalue weighted by atomic mass is 9.98. The molecule has 1 aliphatic rings. The molecular formula is C20H26N4O4S2. The SMILES string of the molecule is O=C1CCN(S(=O)(=O)c2cccs2)CCCC(C(=O)NCc2ccncc2)CCN1. The van der Waals surface area contributed by atoms with Gasteiger partial charge in [-0.15, -0.1) is 11.3 Å². The summed E-state index contributed by atoms with van der Waals surface area (Å²) < 4.78 is 27.4. The maximum Gasteiger partial charge on any atom is 0.252 e. The molecule has 0 radical (unpaired) electrons. The van der Waals surface area contributed by atoms with E-state index >= 15 is 0 Å². The number of sulfonamides is 1. The molecule has 0 aromatic carbocycles. The van der Waals surface area contributed by atoms with Crippen LogP contribution in [0.4, 0.5) is 0 Å². The summed E-state index contributed by atoms with van der Waals surface area (Å²) >= 11 is 1.16. The highest BCUT2D eigenvalue weighted by Crippen LogP contribution is 2.23. The molecule has 8 nitrogen and oxygen atoms in total. The van der Waals surface area contributed by atoms with Gasteiger partial charge in [0.05, 0.1) is 0 Å². The fraction of sp³-hybridized carbons (Fsp3) is 0.450. The maximum absolute atomic E-state index is 12.9. The van der Waals surface area contributed by atoms with Gasteiger partial charge in [-0.3, -0.25) is 14.6 Å². The van der Waals surface area contributed by atoms with Crippen LogP contribution in [0.2, 0.25) is 0 Å². The Morgan fingerprint density at radius 1 is 1.23 bits per heavy atom. The Morgan fingerprint density at radius 3 is 2.77 bits per heavy atom. The normalized spacial score (nSPS) is 19.5. The molecule has 30 heavy (non-hydrogen) atoms. The van der Waals surface area contributed by atoms with Gasteiger partial charge in [0.15, 0.2) is 0 Å². The zero-order valence-electron chi connectivity index (χ0n) is 16.6. The molecule has 2 amide bonds. The first-order valence-electron chi connectivity index (χ1n) is 9.94. The first-order valence-corrected chi connectivity index (χ1v) is 12.3. The minimum atomic E-state index is -3.64. The lowest BCUT2D eigenvalue weighted by Crippen LogP contribution is -2.35. The minimum absolute atomic E-state index is 0.0898. The van der Waals surface area contributed by atoms with Crippen molar-refractivity contribution < 1.29 is 18.0 Å². The van der Waals surface area contributed by atoms with Crippen LogP contribution in [-0.2, 0) is 26.2 Å². The average molecular weight is 451 g/mol. The quantitative estimate of drug-likeness (QED) is 0.722. The summed E-state index contributed by atoms with van der Waals surface area (Å²) in [6.45, 7) is 1.21. The van der Waals surface area contributed by atoms with Gasteiger partial charge in [-0.1, -0.05) is 6.07 Å². The molecular weight excluding hydrogens is 424 g/mol. The molecule has 3 heterocycles. The second kappa shape index (κ2) is 10.6. The van der Waals surface area contributed by atoms with Crippen molar-refractivity contribution in [2.45, 2.75) is 36.4 Å². The molecule has 2 aromatic heterocycles. The third-order valence-electron chi connectivity index (χ3n) is 5.04. The van der Waals surface area contributed by atoms with Crippen LogP contribution in [-0.4, -0.2) is 49.2 Å². The third-order valence-corrected chi connectivity index (χ3v) is 8.31. The molecule has 10 heteroatoms. The van der Waals surface area contributed by atoms with Gasteiger partial charge in [-0.25, -0.2) is 8.42 Å². The number of pyridine rings is 1. The second-order valence-corrected chi connectivity index (χ2v) is 10.2. The fourth-order valence-electron chi connectivity index (χ4n) is 3.34. The molecule has 0 spiro atoms. The van der Waals surface area contributed by atoms with Crippen LogP contribution in [0.15, 0.2) is 46.2 Å². The minimum Gasteiger partial charge on any atom is -0.356 e. The van der Waals surface area contributed by atoms with E-state index in [0.717, 1.165) is 16.9 Å². The van der Waals surface area contributed by atoms with Gasteiger partial charge in [0, 0.05) is 50.9 Å². The van der Waals surface area contributed by atoms with Crippen LogP contribution < -0.4 is 10.6 Å². The summed E-state index contributed by atoms with van der Waals surface area (Å²) in [6.07, 6.45) is 5.06. The second-order valence-electron chi connectivity index (χ2n) is 7.14. The average Bonchev–Trinajstić information content (AvgIpc) is 3.28. The van der Waals surface area contributed by atoms with E-state index < -0.39 is 10.0 Å². The van der Waals surface area contributed by atoms with Crippen LogP contribution in [0.3, 0.4) is 0 Å². The lowest BCUT2D eigenvalue weighted by Gasteiger charge is -2.21. The predicted molar refractivity (Wildman–Crippen MR) is 114 cm³/mol. The summed E-state index contributed by atoms with van der Waals surface area (Å²) in [5.74, 6) is -0.594. The first-order chi connectivity index (χ1) is 14.5. The summed E-state index contributed by atoms with van der Waals surface area (Å²) in [6, 6.07) is 6.94. The Labute approximate surface area is 180 Å². The van der Waals surface area contributed by atoms with Gasteiger partial charge in [-0.2, -0.15) is 4.31 Å².